The molecule has 0 radical (unpaired) electrons. The number of nitrogens with one attached hydrogen (secondary N) is 1. The first kappa shape index (κ1) is 17.2. The van der Waals surface area contributed by atoms with Crippen molar-refractivity contribution in [3.63, 3.8) is 0 Å². The number of aromatic nitrogens is 1. The highest BCUT2D eigenvalue weighted by Crippen LogP contribution is 2.22. The van der Waals surface area contributed by atoms with E-state index in [1.54, 1.807) is 6.26 Å². The van der Waals surface area contributed by atoms with Gasteiger partial charge in [0.15, 0.2) is 0 Å². The Morgan fingerprint density at radius 1 is 1.48 bits per heavy atom. The van der Waals surface area contributed by atoms with Gasteiger partial charge in [0.25, 0.3) is 0 Å². The van der Waals surface area contributed by atoms with E-state index in [1.165, 1.54) is 0 Å². The number of rotatable bonds is 5. The molecule has 0 aliphatic carbocycles. The normalized spacial score (nSPS) is 11.6. The van der Waals surface area contributed by atoms with Gasteiger partial charge in [0.2, 0.25) is 11.8 Å². The number of carbonyl (C=O) groups excluding carboxylic acids is 1. The standard InChI is InChI=1S/C15H19N3O2.ClH/c1-10(16)6-7-14(19)18-13-5-3-4-12(8-13)15-17-11(2)9-20-15;/h3-5,8-10H,6-7,16H2,1-2H3,(H,18,19);1H. The highest BCUT2D eigenvalue weighted by atomic mass is 35.5. The molecule has 2 aromatic rings. The molecule has 6 heteroatoms. The SMILES string of the molecule is Cc1coc(-c2cccc(NC(=O)CCC(C)N)c2)n1.Cl. The number of aryl methyl sites for hydroxylation is 1. The summed E-state index contributed by atoms with van der Waals surface area (Å²) in [5, 5.41) is 2.85. The molecule has 1 aromatic carbocycles. The lowest BCUT2D eigenvalue weighted by atomic mass is 10.1. The van der Waals surface area contributed by atoms with E-state index in [-0.39, 0.29) is 24.4 Å². The van der Waals surface area contributed by atoms with E-state index in [0.29, 0.717) is 18.7 Å². The van der Waals surface area contributed by atoms with E-state index in [0.717, 1.165) is 16.9 Å². The van der Waals surface area contributed by atoms with Crippen molar-refractivity contribution in [1.29, 1.82) is 0 Å². The van der Waals surface area contributed by atoms with Crippen LogP contribution in [0.25, 0.3) is 11.5 Å². The molecule has 1 amide bonds. The number of benzene rings is 1. The average molecular weight is 310 g/mol. The number of nitrogens with zero attached hydrogens (tertiary/aromatic N) is 1. The van der Waals surface area contributed by atoms with Crippen LogP contribution in [-0.2, 0) is 4.79 Å². The van der Waals surface area contributed by atoms with Gasteiger partial charge in [-0.15, -0.1) is 12.4 Å². The number of nitrogens with two attached hydrogens (primary N) is 1. The predicted octanol–water partition coefficient (Wildman–Crippen LogP) is 3.14. The zero-order valence-electron chi connectivity index (χ0n) is 12.1. The third-order valence-electron chi connectivity index (χ3n) is 2.84. The first-order chi connectivity index (χ1) is 9.54. The summed E-state index contributed by atoms with van der Waals surface area (Å²) in [6.07, 6.45) is 2.69. The molecule has 0 saturated carbocycles. The second-order valence-corrected chi connectivity index (χ2v) is 4.94. The highest BCUT2D eigenvalue weighted by molar-refractivity contribution is 5.91. The lowest BCUT2D eigenvalue weighted by Crippen LogP contribution is -2.19. The monoisotopic (exact) mass is 309 g/mol. The van der Waals surface area contributed by atoms with Crippen molar-refractivity contribution in [1.82, 2.24) is 4.98 Å². The minimum absolute atomic E-state index is 0. The minimum Gasteiger partial charge on any atom is -0.444 e. The first-order valence-electron chi connectivity index (χ1n) is 6.62. The van der Waals surface area contributed by atoms with Gasteiger partial charge in [-0.3, -0.25) is 4.79 Å². The quantitative estimate of drug-likeness (QED) is 0.889. The summed E-state index contributed by atoms with van der Waals surface area (Å²) in [5.74, 6) is 0.511. The van der Waals surface area contributed by atoms with Crippen molar-refractivity contribution in [2.75, 3.05) is 5.32 Å². The largest absolute Gasteiger partial charge is 0.444 e. The molecule has 114 valence electrons. The van der Waals surface area contributed by atoms with Gasteiger partial charge in [-0.1, -0.05) is 6.07 Å². The number of amides is 1. The fourth-order valence-electron chi connectivity index (χ4n) is 1.80. The zero-order chi connectivity index (χ0) is 14.5. The van der Waals surface area contributed by atoms with Crippen molar-refractivity contribution < 1.29 is 9.21 Å². The van der Waals surface area contributed by atoms with Crippen LogP contribution in [0.3, 0.4) is 0 Å². The molecule has 0 fully saturated rings. The van der Waals surface area contributed by atoms with Gasteiger partial charge >= 0.3 is 0 Å². The summed E-state index contributed by atoms with van der Waals surface area (Å²) in [6.45, 7) is 3.76. The molecule has 0 saturated heterocycles. The Kier molecular flexibility index (Phi) is 6.39. The van der Waals surface area contributed by atoms with Gasteiger partial charge in [-0.2, -0.15) is 0 Å². The molecule has 0 spiro atoms. The van der Waals surface area contributed by atoms with Crippen LogP contribution in [0.15, 0.2) is 34.9 Å². The Morgan fingerprint density at radius 2 is 2.24 bits per heavy atom. The molecule has 3 N–H and O–H groups in total. The maximum atomic E-state index is 11.8. The maximum absolute atomic E-state index is 11.8. The minimum atomic E-state index is -0.0389. The van der Waals surface area contributed by atoms with E-state index >= 15 is 0 Å². The average Bonchev–Trinajstić information content (AvgIpc) is 2.83. The molecular formula is C15H20ClN3O2. The van der Waals surface area contributed by atoms with Gasteiger partial charge in [0.05, 0.1) is 5.69 Å². The van der Waals surface area contributed by atoms with Crippen LogP contribution in [0.1, 0.15) is 25.5 Å². The predicted molar refractivity (Wildman–Crippen MR) is 85.4 cm³/mol. The van der Waals surface area contributed by atoms with Crippen LogP contribution < -0.4 is 11.1 Å². The fraction of sp³-hybridized carbons (Fsp3) is 0.333. The number of anilines is 1. The summed E-state index contributed by atoms with van der Waals surface area (Å²) in [6, 6.07) is 7.46. The molecule has 0 aliphatic rings. The third-order valence-corrected chi connectivity index (χ3v) is 2.84. The second kappa shape index (κ2) is 7.81. The number of hydrogen-bond donors (Lipinski definition) is 2. The lowest BCUT2D eigenvalue weighted by Gasteiger charge is -2.07. The Balaban J connectivity index is 0.00000220. The molecule has 0 aliphatic heterocycles. The molecule has 1 atom stereocenters. The van der Waals surface area contributed by atoms with Crippen molar-refractivity contribution in [3.8, 4) is 11.5 Å². The molecule has 2 rings (SSSR count). The van der Waals surface area contributed by atoms with E-state index in [1.807, 2.05) is 38.1 Å². The summed E-state index contributed by atoms with van der Waals surface area (Å²) in [4.78, 5) is 16.0. The van der Waals surface area contributed by atoms with Gasteiger partial charge in [0, 0.05) is 23.7 Å². The van der Waals surface area contributed by atoms with Crippen LogP contribution >= 0.6 is 12.4 Å². The Labute approximate surface area is 130 Å². The second-order valence-electron chi connectivity index (χ2n) is 4.94. The van der Waals surface area contributed by atoms with Crippen LogP contribution in [0.2, 0.25) is 0 Å². The molecule has 1 unspecified atom stereocenters. The summed E-state index contributed by atoms with van der Waals surface area (Å²) in [5.41, 5.74) is 8.03. The van der Waals surface area contributed by atoms with Crippen molar-refractivity contribution in [2.45, 2.75) is 32.7 Å². The van der Waals surface area contributed by atoms with Crippen molar-refractivity contribution in [3.05, 3.63) is 36.2 Å². The number of carbonyl (C=O) groups is 1. The van der Waals surface area contributed by atoms with Gasteiger partial charge in [0.1, 0.15) is 6.26 Å². The van der Waals surface area contributed by atoms with Crippen molar-refractivity contribution >= 4 is 24.0 Å². The van der Waals surface area contributed by atoms with Gasteiger partial charge in [-0.05, 0) is 38.5 Å². The van der Waals surface area contributed by atoms with Gasteiger partial charge in [-0.25, -0.2) is 4.98 Å². The Bertz CT molecular complexity index is 596. The smallest absolute Gasteiger partial charge is 0.226 e. The van der Waals surface area contributed by atoms with Crippen LogP contribution in [0.5, 0.6) is 0 Å². The first-order valence-corrected chi connectivity index (χ1v) is 6.62. The number of oxazole rings is 1. The van der Waals surface area contributed by atoms with Crippen LogP contribution in [-0.4, -0.2) is 16.9 Å². The molecule has 5 nitrogen and oxygen atoms in total. The highest BCUT2D eigenvalue weighted by Gasteiger charge is 2.08. The molecule has 1 aromatic heterocycles. The van der Waals surface area contributed by atoms with Crippen molar-refractivity contribution in [2.24, 2.45) is 5.73 Å². The number of halogens is 1. The third kappa shape index (κ3) is 5.21. The molecule has 1 heterocycles. The van der Waals surface area contributed by atoms with E-state index in [2.05, 4.69) is 10.3 Å². The topological polar surface area (TPSA) is 81.2 Å². The molecule has 0 bridgehead atoms. The summed E-state index contributed by atoms with van der Waals surface area (Å²) in [7, 11) is 0. The summed E-state index contributed by atoms with van der Waals surface area (Å²) < 4.78 is 5.35. The lowest BCUT2D eigenvalue weighted by molar-refractivity contribution is -0.116. The zero-order valence-corrected chi connectivity index (χ0v) is 12.9. The maximum Gasteiger partial charge on any atom is 0.226 e. The summed E-state index contributed by atoms with van der Waals surface area (Å²) >= 11 is 0. The van der Waals surface area contributed by atoms with Crippen LogP contribution in [0.4, 0.5) is 5.69 Å². The van der Waals surface area contributed by atoms with E-state index in [9.17, 15) is 4.79 Å². The van der Waals surface area contributed by atoms with E-state index < -0.39 is 0 Å². The van der Waals surface area contributed by atoms with Gasteiger partial charge < -0.3 is 15.5 Å². The Morgan fingerprint density at radius 3 is 2.86 bits per heavy atom. The van der Waals surface area contributed by atoms with Crippen LogP contribution in [0, 0.1) is 6.92 Å². The van der Waals surface area contributed by atoms with E-state index in [4.69, 9.17) is 10.2 Å². The Hall–Kier alpha value is -1.85. The molecule has 21 heavy (non-hydrogen) atoms. The fourth-order valence-corrected chi connectivity index (χ4v) is 1.80. The molecular weight excluding hydrogens is 290 g/mol. The number of hydrogen-bond acceptors (Lipinski definition) is 4.